The van der Waals surface area contributed by atoms with Crippen molar-refractivity contribution >= 4 is 22.4 Å². The summed E-state index contributed by atoms with van der Waals surface area (Å²) in [6.45, 7) is 2.42. The average molecular weight is 457 g/mol. The van der Waals surface area contributed by atoms with Crippen molar-refractivity contribution in [1.29, 1.82) is 0 Å². The van der Waals surface area contributed by atoms with Gasteiger partial charge < -0.3 is 14.5 Å². The summed E-state index contributed by atoms with van der Waals surface area (Å²) in [5.74, 6) is -0.110. The van der Waals surface area contributed by atoms with Crippen molar-refractivity contribution < 1.29 is 9.53 Å². The van der Waals surface area contributed by atoms with Crippen molar-refractivity contribution in [1.82, 2.24) is 24.6 Å². The van der Waals surface area contributed by atoms with Gasteiger partial charge in [-0.15, -0.1) is 0 Å². The van der Waals surface area contributed by atoms with Crippen LogP contribution in [-0.2, 0) is 11.3 Å². The number of nitrogens with zero attached hydrogens (tertiary/aromatic N) is 6. The highest BCUT2D eigenvalue weighted by atomic mass is 16.5. The lowest BCUT2D eigenvalue weighted by molar-refractivity contribution is -0.132. The number of rotatable bonds is 5. The number of piperazine rings is 1. The summed E-state index contributed by atoms with van der Waals surface area (Å²) in [5, 5.41) is 5.52. The Kier molecular flexibility index (Phi) is 5.90. The number of benzene rings is 2. The van der Waals surface area contributed by atoms with Gasteiger partial charge in [-0.1, -0.05) is 36.4 Å². The molecule has 0 spiro atoms. The fourth-order valence-corrected chi connectivity index (χ4v) is 4.22. The molecule has 0 N–H and O–H groups in total. The molecule has 0 aliphatic carbocycles. The maximum atomic E-state index is 12.9. The van der Waals surface area contributed by atoms with Crippen LogP contribution in [0.4, 0.5) is 5.69 Å². The Morgan fingerprint density at radius 3 is 2.41 bits per heavy atom. The van der Waals surface area contributed by atoms with Crippen LogP contribution in [0.1, 0.15) is 0 Å². The molecule has 4 aromatic rings. The lowest BCUT2D eigenvalue weighted by atomic mass is 10.1. The SMILES string of the molecule is COc1ncc(-c2ccccc2N2CCN(C(=O)Cn3ncc4ccccc4c3=O)CC2)cn1. The van der Waals surface area contributed by atoms with Crippen LogP contribution in [0.5, 0.6) is 6.01 Å². The predicted molar refractivity (Wildman–Crippen MR) is 129 cm³/mol. The maximum Gasteiger partial charge on any atom is 0.316 e. The molecule has 9 heteroatoms. The van der Waals surface area contributed by atoms with Crippen LogP contribution >= 0.6 is 0 Å². The van der Waals surface area contributed by atoms with E-state index in [-0.39, 0.29) is 18.0 Å². The number of aromatic nitrogens is 4. The number of hydrogen-bond donors (Lipinski definition) is 0. The maximum absolute atomic E-state index is 12.9. The van der Waals surface area contributed by atoms with E-state index in [4.69, 9.17) is 4.74 Å². The van der Waals surface area contributed by atoms with Crippen LogP contribution in [0.2, 0.25) is 0 Å². The Morgan fingerprint density at radius 2 is 1.65 bits per heavy atom. The molecule has 1 amide bonds. The van der Waals surface area contributed by atoms with Gasteiger partial charge in [0.25, 0.3) is 5.56 Å². The minimum atomic E-state index is -0.249. The second-order valence-electron chi connectivity index (χ2n) is 8.04. The first-order valence-electron chi connectivity index (χ1n) is 11.1. The molecular weight excluding hydrogens is 432 g/mol. The minimum absolute atomic E-state index is 0.0660. The van der Waals surface area contributed by atoms with Crippen molar-refractivity contribution in [3.8, 4) is 17.1 Å². The Labute approximate surface area is 196 Å². The van der Waals surface area contributed by atoms with Gasteiger partial charge in [-0.3, -0.25) is 9.59 Å². The van der Waals surface area contributed by atoms with Crippen molar-refractivity contribution in [2.75, 3.05) is 38.2 Å². The van der Waals surface area contributed by atoms with Crippen LogP contribution in [0.3, 0.4) is 0 Å². The molecule has 0 bridgehead atoms. The van der Waals surface area contributed by atoms with Gasteiger partial charge in [-0.05, 0) is 12.1 Å². The molecule has 5 rings (SSSR count). The van der Waals surface area contributed by atoms with E-state index in [1.165, 1.54) is 11.8 Å². The summed E-state index contributed by atoms with van der Waals surface area (Å²) < 4.78 is 6.31. The van der Waals surface area contributed by atoms with E-state index in [1.54, 1.807) is 29.6 Å². The van der Waals surface area contributed by atoms with Crippen molar-refractivity contribution in [3.63, 3.8) is 0 Å². The summed E-state index contributed by atoms with van der Waals surface area (Å²) in [4.78, 5) is 38.1. The van der Waals surface area contributed by atoms with Crippen LogP contribution in [0.15, 0.2) is 71.9 Å². The van der Waals surface area contributed by atoms with Crippen molar-refractivity contribution in [3.05, 3.63) is 77.5 Å². The van der Waals surface area contributed by atoms with Crippen molar-refractivity contribution in [2.45, 2.75) is 6.54 Å². The van der Waals surface area contributed by atoms with Gasteiger partial charge in [0.1, 0.15) is 6.54 Å². The molecular formula is C25H24N6O3. The van der Waals surface area contributed by atoms with Gasteiger partial charge in [0.15, 0.2) is 0 Å². The highest BCUT2D eigenvalue weighted by molar-refractivity contribution is 5.82. The number of ether oxygens (including phenoxy) is 1. The molecule has 1 aliphatic rings. The van der Waals surface area contributed by atoms with Gasteiger partial charge in [0.05, 0.1) is 18.7 Å². The molecule has 0 saturated carbocycles. The van der Waals surface area contributed by atoms with Gasteiger partial charge >= 0.3 is 6.01 Å². The fraction of sp³-hybridized carbons (Fsp3) is 0.240. The van der Waals surface area contributed by atoms with E-state index < -0.39 is 0 Å². The normalized spacial score (nSPS) is 13.8. The molecule has 3 heterocycles. The first-order chi connectivity index (χ1) is 16.6. The molecule has 2 aromatic carbocycles. The lowest BCUT2D eigenvalue weighted by Crippen LogP contribution is -2.50. The van der Waals surface area contributed by atoms with Crippen LogP contribution in [0, 0.1) is 0 Å². The summed E-state index contributed by atoms with van der Waals surface area (Å²) in [5.41, 5.74) is 2.74. The monoisotopic (exact) mass is 456 g/mol. The summed E-state index contributed by atoms with van der Waals surface area (Å²) in [6.07, 6.45) is 5.12. The number of carbonyl (C=O) groups is 1. The third-order valence-corrected chi connectivity index (χ3v) is 6.05. The second-order valence-corrected chi connectivity index (χ2v) is 8.04. The smallest absolute Gasteiger partial charge is 0.316 e. The quantitative estimate of drug-likeness (QED) is 0.455. The summed E-state index contributed by atoms with van der Waals surface area (Å²) >= 11 is 0. The Hall–Kier alpha value is -4.27. The largest absolute Gasteiger partial charge is 0.467 e. The van der Waals surface area contributed by atoms with E-state index in [0.29, 0.717) is 37.6 Å². The second kappa shape index (κ2) is 9.30. The molecule has 172 valence electrons. The van der Waals surface area contributed by atoms with E-state index in [0.717, 1.165) is 22.2 Å². The van der Waals surface area contributed by atoms with Crippen molar-refractivity contribution in [2.24, 2.45) is 0 Å². The lowest BCUT2D eigenvalue weighted by Gasteiger charge is -2.37. The fourth-order valence-electron chi connectivity index (χ4n) is 4.22. The molecule has 9 nitrogen and oxygen atoms in total. The molecule has 1 aliphatic heterocycles. The summed E-state index contributed by atoms with van der Waals surface area (Å²) in [7, 11) is 1.54. The molecule has 1 fully saturated rings. The molecule has 0 radical (unpaired) electrons. The third kappa shape index (κ3) is 4.19. The molecule has 0 atom stereocenters. The zero-order valence-corrected chi connectivity index (χ0v) is 18.8. The first-order valence-corrected chi connectivity index (χ1v) is 11.1. The van der Waals surface area contributed by atoms with Gasteiger partial charge in [0, 0.05) is 60.8 Å². The topological polar surface area (TPSA) is 93.5 Å². The minimum Gasteiger partial charge on any atom is -0.467 e. The van der Waals surface area contributed by atoms with Crippen LogP contribution in [0.25, 0.3) is 21.9 Å². The zero-order valence-electron chi connectivity index (χ0n) is 18.8. The predicted octanol–water partition coefficient (Wildman–Crippen LogP) is 2.21. The molecule has 34 heavy (non-hydrogen) atoms. The summed E-state index contributed by atoms with van der Waals surface area (Å²) in [6, 6.07) is 15.7. The highest BCUT2D eigenvalue weighted by Crippen LogP contribution is 2.31. The number of methoxy groups -OCH3 is 1. The zero-order chi connectivity index (χ0) is 23.5. The number of fused-ring (bicyclic) bond motifs is 1. The van der Waals surface area contributed by atoms with Crippen LogP contribution < -0.4 is 15.2 Å². The Balaban J connectivity index is 1.28. The Morgan fingerprint density at radius 1 is 0.941 bits per heavy atom. The van der Waals surface area contributed by atoms with E-state index >= 15 is 0 Å². The number of carbonyl (C=O) groups excluding carboxylic acids is 1. The third-order valence-electron chi connectivity index (χ3n) is 6.05. The number of amides is 1. The van der Waals surface area contributed by atoms with Gasteiger partial charge in [-0.25, -0.2) is 14.6 Å². The first kappa shape index (κ1) is 21.6. The average Bonchev–Trinajstić information content (AvgIpc) is 2.90. The van der Waals surface area contributed by atoms with E-state index in [1.807, 2.05) is 36.4 Å². The van der Waals surface area contributed by atoms with E-state index in [2.05, 4.69) is 26.0 Å². The number of para-hydroxylation sites is 1. The molecule has 2 aromatic heterocycles. The van der Waals surface area contributed by atoms with E-state index in [9.17, 15) is 9.59 Å². The number of anilines is 1. The molecule has 0 unspecified atom stereocenters. The standard InChI is InChI=1S/C25H24N6O3/c1-34-25-26-14-19(15-27-25)20-7-4-5-9-22(20)29-10-12-30(13-11-29)23(32)17-31-24(33)21-8-3-2-6-18(21)16-28-31/h2-9,14-16H,10-13,17H2,1H3. The van der Waals surface area contributed by atoms with Crippen LogP contribution in [-0.4, -0.2) is 63.8 Å². The Bertz CT molecular complexity index is 1380. The van der Waals surface area contributed by atoms with Gasteiger partial charge in [-0.2, -0.15) is 5.10 Å². The highest BCUT2D eigenvalue weighted by Gasteiger charge is 2.23. The number of hydrogen-bond acceptors (Lipinski definition) is 7. The molecule has 1 saturated heterocycles. The van der Waals surface area contributed by atoms with Gasteiger partial charge in [0.2, 0.25) is 5.91 Å².